The van der Waals surface area contributed by atoms with Crippen molar-refractivity contribution in [1.29, 1.82) is 0 Å². The molecule has 4 rings (SSSR count). The Morgan fingerprint density at radius 1 is 0.909 bits per heavy atom. The molecular formula is C19H15IN2. The number of allylic oxidation sites excluding steroid dienone is 2. The first kappa shape index (κ1) is 13.8. The minimum Gasteiger partial charge on any atom is -0.334 e. The molecule has 2 aliphatic rings. The summed E-state index contributed by atoms with van der Waals surface area (Å²) in [5, 5.41) is 0. The fourth-order valence-electron chi connectivity index (χ4n) is 3.00. The zero-order valence-electron chi connectivity index (χ0n) is 11.9. The first-order valence-electron chi connectivity index (χ1n) is 7.34. The molecule has 0 N–H and O–H groups in total. The van der Waals surface area contributed by atoms with E-state index < -0.39 is 0 Å². The molecule has 0 bridgehead atoms. The van der Waals surface area contributed by atoms with E-state index in [0.717, 1.165) is 5.71 Å². The molecule has 0 saturated heterocycles. The second kappa shape index (κ2) is 5.72. The third kappa shape index (κ3) is 2.39. The lowest BCUT2D eigenvalue weighted by atomic mass is 10.0. The van der Waals surface area contributed by atoms with Gasteiger partial charge in [-0.3, -0.25) is 4.99 Å². The molecule has 2 aromatic carbocycles. The third-order valence-electron chi connectivity index (χ3n) is 4.03. The fourth-order valence-corrected chi connectivity index (χ4v) is 3.36. The van der Waals surface area contributed by atoms with Gasteiger partial charge in [0.05, 0.1) is 11.8 Å². The Hall–Kier alpha value is -1.88. The summed E-state index contributed by atoms with van der Waals surface area (Å²) >= 11 is 2.34. The third-order valence-corrected chi connectivity index (χ3v) is 4.75. The highest BCUT2D eigenvalue weighted by Gasteiger charge is 2.35. The first-order chi connectivity index (χ1) is 10.8. The molecule has 0 amide bonds. The molecule has 1 aliphatic carbocycles. The number of hydrogen-bond donors (Lipinski definition) is 0. The van der Waals surface area contributed by atoms with Gasteiger partial charge in [-0.15, -0.1) is 0 Å². The van der Waals surface area contributed by atoms with Crippen LogP contribution in [0.25, 0.3) is 0 Å². The number of rotatable bonds is 2. The largest absolute Gasteiger partial charge is 0.334 e. The van der Waals surface area contributed by atoms with Crippen molar-refractivity contribution < 1.29 is 0 Å². The lowest BCUT2D eigenvalue weighted by Gasteiger charge is -2.31. The van der Waals surface area contributed by atoms with Crippen LogP contribution in [-0.4, -0.2) is 11.8 Å². The van der Waals surface area contributed by atoms with Crippen LogP contribution in [0.4, 0.5) is 5.69 Å². The van der Waals surface area contributed by atoms with E-state index in [9.17, 15) is 0 Å². The SMILES string of the molecule is Ic1ccc(C2N=C3C=CC=CC3N2c2ccccc2)cc1. The summed E-state index contributed by atoms with van der Waals surface area (Å²) in [7, 11) is 0. The molecule has 2 nitrogen and oxygen atoms in total. The van der Waals surface area contributed by atoms with Crippen molar-refractivity contribution in [3.05, 3.63) is 88.0 Å². The van der Waals surface area contributed by atoms with E-state index >= 15 is 0 Å². The van der Waals surface area contributed by atoms with Crippen molar-refractivity contribution in [2.45, 2.75) is 12.2 Å². The van der Waals surface area contributed by atoms with Gasteiger partial charge < -0.3 is 4.90 Å². The summed E-state index contributed by atoms with van der Waals surface area (Å²) in [6.07, 6.45) is 8.54. The Bertz CT molecular complexity index is 760. The van der Waals surface area contributed by atoms with Gasteiger partial charge >= 0.3 is 0 Å². The predicted octanol–water partition coefficient (Wildman–Crippen LogP) is 4.75. The second-order valence-corrected chi connectivity index (χ2v) is 6.66. The Kier molecular flexibility index (Phi) is 3.58. The molecule has 2 atom stereocenters. The Labute approximate surface area is 144 Å². The summed E-state index contributed by atoms with van der Waals surface area (Å²) in [6, 6.07) is 19.4. The Balaban J connectivity index is 1.80. The maximum Gasteiger partial charge on any atom is 0.148 e. The van der Waals surface area contributed by atoms with Crippen molar-refractivity contribution >= 4 is 34.0 Å². The highest BCUT2D eigenvalue weighted by Crippen LogP contribution is 2.37. The van der Waals surface area contributed by atoms with Gasteiger partial charge in [0.1, 0.15) is 6.17 Å². The van der Waals surface area contributed by atoms with Crippen molar-refractivity contribution in [1.82, 2.24) is 0 Å². The molecule has 1 heterocycles. The fraction of sp³-hybridized carbons (Fsp3) is 0.105. The van der Waals surface area contributed by atoms with E-state index in [1.54, 1.807) is 0 Å². The van der Waals surface area contributed by atoms with Gasteiger partial charge in [0, 0.05) is 9.26 Å². The van der Waals surface area contributed by atoms with E-state index in [0.29, 0.717) is 0 Å². The lowest BCUT2D eigenvalue weighted by Crippen LogP contribution is -2.35. The Morgan fingerprint density at radius 3 is 2.45 bits per heavy atom. The maximum absolute atomic E-state index is 4.97. The molecule has 0 spiro atoms. The lowest BCUT2D eigenvalue weighted by molar-refractivity contribution is 0.696. The summed E-state index contributed by atoms with van der Waals surface area (Å²) < 4.78 is 1.25. The molecule has 2 aromatic rings. The number of benzene rings is 2. The predicted molar refractivity (Wildman–Crippen MR) is 100 cm³/mol. The average Bonchev–Trinajstić information content (AvgIpc) is 2.96. The van der Waals surface area contributed by atoms with Crippen LogP contribution >= 0.6 is 22.6 Å². The first-order valence-corrected chi connectivity index (χ1v) is 8.42. The normalized spacial score (nSPS) is 22.6. The molecule has 108 valence electrons. The van der Waals surface area contributed by atoms with Gasteiger partial charge in [0.2, 0.25) is 0 Å². The van der Waals surface area contributed by atoms with Crippen LogP contribution in [0.3, 0.4) is 0 Å². The number of anilines is 1. The number of halogens is 1. The van der Waals surface area contributed by atoms with Crippen molar-refractivity contribution in [3.8, 4) is 0 Å². The Morgan fingerprint density at radius 2 is 1.68 bits per heavy atom. The molecule has 2 unspecified atom stereocenters. The standard InChI is InChI=1S/C19H15IN2/c20-15-12-10-14(11-13-15)19-21-17-8-4-5-9-18(17)22(19)16-6-2-1-3-7-16/h1-13,18-19H. The monoisotopic (exact) mass is 398 g/mol. The zero-order valence-corrected chi connectivity index (χ0v) is 14.1. The number of hydrogen-bond acceptors (Lipinski definition) is 2. The maximum atomic E-state index is 4.97. The van der Waals surface area contributed by atoms with Gasteiger partial charge in [-0.1, -0.05) is 48.6 Å². The van der Waals surface area contributed by atoms with Crippen LogP contribution in [0.15, 0.2) is 83.9 Å². The van der Waals surface area contributed by atoms with Gasteiger partial charge in [-0.25, -0.2) is 0 Å². The molecule has 1 aliphatic heterocycles. The average molecular weight is 398 g/mol. The number of nitrogens with zero attached hydrogens (tertiary/aromatic N) is 2. The topological polar surface area (TPSA) is 15.6 Å². The van der Waals surface area contributed by atoms with E-state index in [4.69, 9.17) is 4.99 Å². The molecule has 22 heavy (non-hydrogen) atoms. The molecule has 0 aromatic heterocycles. The number of fused-ring (bicyclic) bond motifs is 1. The minimum atomic E-state index is 0.0341. The van der Waals surface area contributed by atoms with Gasteiger partial charge in [0.25, 0.3) is 0 Å². The summed E-state index contributed by atoms with van der Waals surface area (Å²) in [6.45, 7) is 0. The van der Waals surface area contributed by atoms with Crippen LogP contribution in [-0.2, 0) is 0 Å². The van der Waals surface area contributed by atoms with Crippen LogP contribution in [0.1, 0.15) is 11.7 Å². The summed E-state index contributed by atoms with van der Waals surface area (Å²) in [5.41, 5.74) is 3.57. The van der Waals surface area contributed by atoms with Crippen LogP contribution in [0.2, 0.25) is 0 Å². The molecule has 0 fully saturated rings. The molecule has 0 radical (unpaired) electrons. The van der Waals surface area contributed by atoms with Gasteiger partial charge in [0.15, 0.2) is 0 Å². The summed E-state index contributed by atoms with van der Waals surface area (Å²) in [4.78, 5) is 7.36. The quantitative estimate of drug-likeness (QED) is 0.667. The number of para-hydroxylation sites is 1. The van der Waals surface area contributed by atoms with E-state index in [-0.39, 0.29) is 12.2 Å². The van der Waals surface area contributed by atoms with E-state index in [1.165, 1.54) is 14.8 Å². The summed E-state index contributed by atoms with van der Waals surface area (Å²) in [5.74, 6) is 0. The van der Waals surface area contributed by atoms with Crippen LogP contribution in [0, 0.1) is 3.57 Å². The van der Waals surface area contributed by atoms with Crippen molar-refractivity contribution in [3.63, 3.8) is 0 Å². The van der Waals surface area contributed by atoms with E-state index in [2.05, 4.69) is 106 Å². The van der Waals surface area contributed by atoms with Crippen molar-refractivity contribution in [2.75, 3.05) is 4.90 Å². The smallest absolute Gasteiger partial charge is 0.148 e. The van der Waals surface area contributed by atoms with Crippen LogP contribution < -0.4 is 4.90 Å². The highest BCUT2D eigenvalue weighted by atomic mass is 127. The molecule has 0 saturated carbocycles. The van der Waals surface area contributed by atoms with Crippen LogP contribution in [0.5, 0.6) is 0 Å². The highest BCUT2D eigenvalue weighted by molar-refractivity contribution is 14.1. The molecule has 3 heteroatoms. The number of aliphatic imine (C=N–C) groups is 1. The molecular weight excluding hydrogens is 383 g/mol. The van der Waals surface area contributed by atoms with Gasteiger partial charge in [-0.05, 0) is 58.5 Å². The second-order valence-electron chi connectivity index (χ2n) is 5.41. The van der Waals surface area contributed by atoms with Gasteiger partial charge in [-0.2, -0.15) is 0 Å². The van der Waals surface area contributed by atoms with E-state index in [1.807, 2.05) is 0 Å². The minimum absolute atomic E-state index is 0.0341. The van der Waals surface area contributed by atoms with Crippen molar-refractivity contribution in [2.24, 2.45) is 4.99 Å². The zero-order chi connectivity index (χ0) is 14.9.